The van der Waals surface area contributed by atoms with E-state index in [-0.39, 0.29) is 11.1 Å². The summed E-state index contributed by atoms with van der Waals surface area (Å²) in [5, 5.41) is 3.72. The Balaban J connectivity index is 1.52. The number of aromatic nitrogens is 1. The number of likely N-dealkylation sites (N-methyl/N-ethyl adjacent to an activating group) is 1. The molecule has 6 heteroatoms. The monoisotopic (exact) mass is 390 g/mol. The summed E-state index contributed by atoms with van der Waals surface area (Å²) in [6, 6.07) is 15.1. The van der Waals surface area contributed by atoms with Crippen LogP contribution in [0.5, 0.6) is 0 Å². The second-order valence-electron chi connectivity index (χ2n) is 7.47. The number of nitrogens with one attached hydrogen (secondary N) is 2. The molecule has 0 aliphatic carbocycles. The van der Waals surface area contributed by atoms with E-state index in [1.54, 1.807) is 6.07 Å². The molecule has 1 aliphatic heterocycles. The highest BCUT2D eigenvalue weighted by Gasteiger charge is 2.17. The summed E-state index contributed by atoms with van der Waals surface area (Å²) in [5.74, 6) is -0.399. The predicted octanol–water partition coefficient (Wildman–Crippen LogP) is 3.23. The number of pyridine rings is 1. The highest BCUT2D eigenvalue weighted by atomic mass is 16.2. The molecule has 150 valence electrons. The van der Waals surface area contributed by atoms with Crippen molar-refractivity contribution < 1.29 is 4.79 Å². The Kier molecular flexibility index (Phi) is 5.36. The highest BCUT2D eigenvalue weighted by Crippen LogP contribution is 2.24. The van der Waals surface area contributed by atoms with Crippen LogP contribution in [-0.4, -0.2) is 48.5 Å². The summed E-state index contributed by atoms with van der Waals surface area (Å²) < 4.78 is 0. The lowest BCUT2D eigenvalue weighted by Crippen LogP contribution is -2.46. The number of carbonyl (C=O) groups excluding carboxylic acids is 1. The van der Waals surface area contributed by atoms with Crippen LogP contribution >= 0.6 is 0 Å². The van der Waals surface area contributed by atoms with Gasteiger partial charge in [0.1, 0.15) is 5.56 Å². The fraction of sp³-hybridized carbons (Fsp3) is 0.304. The van der Waals surface area contributed by atoms with Crippen LogP contribution in [0.15, 0.2) is 53.3 Å². The van der Waals surface area contributed by atoms with Crippen molar-refractivity contribution >= 4 is 28.2 Å². The Bertz CT molecular complexity index is 1100. The van der Waals surface area contributed by atoms with Gasteiger partial charge >= 0.3 is 0 Å². The lowest BCUT2D eigenvalue weighted by atomic mass is 10.1. The van der Waals surface area contributed by atoms with Crippen LogP contribution in [-0.2, 0) is 0 Å². The number of H-pyrrole nitrogens is 1. The lowest BCUT2D eigenvalue weighted by molar-refractivity contribution is 0.102. The zero-order valence-electron chi connectivity index (χ0n) is 16.9. The number of carbonyl (C=O) groups is 1. The molecule has 2 aromatic carbocycles. The SMILES string of the molecule is CCN1CCN(c2ccc(NC(=O)c3cc4ccccc4[nH]c3=O)c(C)c2)CC1. The first-order valence-corrected chi connectivity index (χ1v) is 10.1. The van der Waals surface area contributed by atoms with E-state index < -0.39 is 5.91 Å². The zero-order valence-corrected chi connectivity index (χ0v) is 16.9. The summed E-state index contributed by atoms with van der Waals surface area (Å²) in [4.78, 5) is 32.7. The minimum Gasteiger partial charge on any atom is -0.369 e. The van der Waals surface area contributed by atoms with Crippen LogP contribution in [0.25, 0.3) is 10.9 Å². The number of rotatable bonds is 4. The summed E-state index contributed by atoms with van der Waals surface area (Å²) in [7, 11) is 0. The molecule has 0 spiro atoms. The Morgan fingerprint density at radius 2 is 1.83 bits per heavy atom. The Morgan fingerprint density at radius 1 is 1.07 bits per heavy atom. The first-order chi connectivity index (χ1) is 14.0. The number of nitrogens with zero attached hydrogens (tertiary/aromatic N) is 2. The van der Waals surface area contributed by atoms with Gasteiger partial charge in [-0.05, 0) is 54.8 Å². The summed E-state index contributed by atoms with van der Waals surface area (Å²) in [6.45, 7) is 9.41. The average Bonchev–Trinajstić information content (AvgIpc) is 2.74. The normalized spacial score (nSPS) is 14.9. The number of aromatic amines is 1. The van der Waals surface area contributed by atoms with Crippen molar-refractivity contribution in [2.24, 2.45) is 0 Å². The Morgan fingerprint density at radius 3 is 2.55 bits per heavy atom. The Labute approximate surface area is 170 Å². The maximum Gasteiger partial charge on any atom is 0.261 e. The van der Waals surface area contributed by atoms with Crippen LogP contribution in [0.4, 0.5) is 11.4 Å². The van der Waals surface area contributed by atoms with Crippen LogP contribution in [0, 0.1) is 6.92 Å². The van der Waals surface area contributed by atoms with Crippen molar-refractivity contribution in [3.8, 4) is 0 Å². The van der Waals surface area contributed by atoms with Crippen molar-refractivity contribution in [2.45, 2.75) is 13.8 Å². The van der Waals surface area contributed by atoms with Gasteiger partial charge in [0.05, 0.1) is 0 Å². The fourth-order valence-corrected chi connectivity index (χ4v) is 3.81. The third-order valence-corrected chi connectivity index (χ3v) is 5.64. The quantitative estimate of drug-likeness (QED) is 0.718. The molecule has 4 rings (SSSR count). The van der Waals surface area contributed by atoms with E-state index in [0.29, 0.717) is 0 Å². The molecule has 29 heavy (non-hydrogen) atoms. The topological polar surface area (TPSA) is 68.4 Å². The number of anilines is 2. The minimum absolute atomic E-state index is 0.114. The van der Waals surface area contributed by atoms with Gasteiger partial charge in [0.25, 0.3) is 11.5 Å². The summed E-state index contributed by atoms with van der Waals surface area (Å²) in [5.41, 5.74) is 3.31. The number of benzene rings is 2. The molecule has 1 amide bonds. The van der Waals surface area contributed by atoms with Gasteiger partial charge in [0.2, 0.25) is 0 Å². The first-order valence-electron chi connectivity index (χ1n) is 10.1. The van der Waals surface area contributed by atoms with Crippen LogP contribution in [0.3, 0.4) is 0 Å². The van der Waals surface area contributed by atoms with E-state index in [4.69, 9.17) is 0 Å². The molecule has 0 bridgehead atoms. The van der Waals surface area contributed by atoms with Gasteiger partial charge in [-0.2, -0.15) is 0 Å². The molecule has 1 aliphatic rings. The molecule has 6 nitrogen and oxygen atoms in total. The minimum atomic E-state index is -0.399. The lowest BCUT2D eigenvalue weighted by Gasteiger charge is -2.35. The van der Waals surface area contributed by atoms with Crippen LogP contribution < -0.4 is 15.8 Å². The number of para-hydroxylation sites is 1. The number of amides is 1. The van der Waals surface area contributed by atoms with Crippen molar-refractivity contribution in [1.82, 2.24) is 9.88 Å². The van der Waals surface area contributed by atoms with Crippen LogP contribution in [0.1, 0.15) is 22.8 Å². The maximum atomic E-state index is 12.7. The molecule has 2 heterocycles. The molecule has 0 unspecified atom stereocenters. The first kappa shape index (κ1) is 19.2. The number of hydrogen-bond donors (Lipinski definition) is 2. The third-order valence-electron chi connectivity index (χ3n) is 5.64. The molecule has 2 N–H and O–H groups in total. The smallest absolute Gasteiger partial charge is 0.261 e. The molecular formula is C23H26N4O2. The standard InChI is InChI=1S/C23H26N4O2/c1-3-26-10-12-27(13-11-26)18-8-9-20(16(2)14-18)24-22(28)19-15-17-6-4-5-7-21(17)25-23(19)29/h4-9,14-15H,3,10-13H2,1-2H3,(H,24,28)(H,25,29). The van der Waals surface area contributed by atoms with E-state index in [9.17, 15) is 9.59 Å². The van der Waals surface area contributed by atoms with E-state index in [1.807, 2.05) is 43.3 Å². The van der Waals surface area contributed by atoms with Crippen molar-refractivity contribution in [3.63, 3.8) is 0 Å². The highest BCUT2D eigenvalue weighted by molar-refractivity contribution is 6.06. The molecule has 0 atom stereocenters. The largest absolute Gasteiger partial charge is 0.369 e. The Hall–Kier alpha value is -3.12. The van der Waals surface area contributed by atoms with Gasteiger partial charge in [-0.1, -0.05) is 25.1 Å². The summed E-state index contributed by atoms with van der Waals surface area (Å²) >= 11 is 0. The second-order valence-corrected chi connectivity index (χ2v) is 7.47. The molecule has 1 aromatic heterocycles. The molecule has 0 radical (unpaired) electrons. The number of piperazine rings is 1. The van der Waals surface area contributed by atoms with Gasteiger partial charge < -0.3 is 20.1 Å². The second kappa shape index (κ2) is 8.09. The van der Waals surface area contributed by atoms with Crippen molar-refractivity contribution in [2.75, 3.05) is 42.9 Å². The van der Waals surface area contributed by atoms with Crippen molar-refractivity contribution in [1.29, 1.82) is 0 Å². The van der Waals surface area contributed by atoms with Gasteiger partial charge in [-0.3, -0.25) is 9.59 Å². The van der Waals surface area contributed by atoms with Crippen molar-refractivity contribution in [3.05, 3.63) is 70.0 Å². The van der Waals surface area contributed by atoms with Gasteiger partial charge in [-0.15, -0.1) is 0 Å². The van der Waals surface area contributed by atoms with E-state index in [1.165, 1.54) is 5.69 Å². The fourth-order valence-electron chi connectivity index (χ4n) is 3.81. The molecule has 1 fully saturated rings. The maximum absolute atomic E-state index is 12.7. The number of fused-ring (bicyclic) bond motifs is 1. The third kappa shape index (κ3) is 4.03. The number of aryl methyl sites for hydroxylation is 1. The van der Waals surface area contributed by atoms with E-state index in [2.05, 4.69) is 33.1 Å². The molecule has 3 aromatic rings. The van der Waals surface area contributed by atoms with Gasteiger partial charge in [-0.25, -0.2) is 0 Å². The predicted molar refractivity (Wildman–Crippen MR) is 118 cm³/mol. The molecular weight excluding hydrogens is 364 g/mol. The van der Waals surface area contributed by atoms with Gasteiger partial charge in [0, 0.05) is 43.1 Å². The molecule has 0 saturated carbocycles. The van der Waals surface area contributed by atoms with Gasteiger partial charge in [0.15, 0.2) is 0 Å². The average molecular weight is 390 g/mol. The van der Waals surface area contributed by atoms with E-state index >= 15 is 0 Å². The van der Waals surface area contributed by atoms with Crippen LogP contribution in [0.2, 0.25) is 0 Å². The van der Waals surface area contributed by atoms with E-state index in [0.717, 1.165) is 54.9 Å². The summed E-state index contributed by atoms with van der Waals surface area (Å²) in [6.07, 6.45) is 0. The molecule has 1 saturated heterocycles. The zero-order chi connectivity index (χ0) is 20.4. The number of hydrogen-bond acceptors (Lipinski definition) is 4.